The summed E-state index contributed by atoms with van der Waals surface area (Å²) in [6, 6.07) is 10.2. The first kappa shape index (κ1) is 23.0. The van der Waals surface area contributed by atoms with Gasteiger partial charge in [-0.25, -0.2) is 17.2 Å². The van der Waals surface area contributed by atoms with E-state index in [1.807, 2.05) is 38.1 Å². The number of nitrogens with zero attached hydrogens (tertiary/aromatic N) is 1. The van der Waals surface area contributed by atoms with Gasteiger partial charge in [-0.2, -0.15) is 0 Å². The first-order chi connectivity index (χ1) is 14.5. The normalized spacial score (nSPS) is 17.4. The Morgan fingerprint density at radius 2 is 1.90 bits per heavy atom. The summed E-state index contributed by atoms with van der Waals surface area (Å²) >= 11 is 0. The minimum absolute atomic E-state index is 0.0157. The fourth-order valence-corrected chi connectivity index (χ4v) is 4.66. The van der Waals surface area contributed by atoms with Crippen molar-refractivity contribution in [3.8, 4) is 5.75 Å². The second kappa shape index (κ2) is 8.82. The molecule has 0 saturated carbocycles. The summed E-state index contributed by atoms with van der Waals surface area (Å²) in [6.07, 6.45) is 1.87. The summed E-state index contributed by atoms with van der Waals surface area (Å²) in [7, 11) is -3.73. The van der Waals surface area contributed by atoms with Gasteiger partial charge >= 0.3 is 0 Å². The number of nitrogens with one attached hydrogen (secondary N) is 1. The number of hydrogen-bond acceptors (Lipinski definition) is 4. The number of hydrogen-bond donors (Lipinski definition) is 1. The third-order valence-electron chi connectivity index (χ3n) is 5.07. The maximum Gasteiger partial charge on any atom is 0.232 e. The van der Waals surface area contributed by atoms with Gasteiger partial charge in [0.05, 0.1) is 18.0 Å². The van der Waals surface area contributed by atoms with E-state index < -0.39 is 27.3 Å². The van der Waals surface area contributed by atoms with Gasteiger partial charge in [-0.1, -0.05) is 18.2 Å². The van der Waals surface area contributed by atoms with Gasteiger partial charge in [0, 0.05) is 31.0 Å². The molecule has 0 unspecified atom stereocenters. The van der Waals surface area contributed by atoms with E-state index in [-0.39, 0.29) is 37.0 Å². The van der Waals surface area contributed by atoms with Gasteiger partial charge in [-0.3, -0.25) is 9.10 Å². The van der Waals surface area contributed by atoms with Gasteiger partial charge in [0.15, 0.2) is 11.6 Å². The topological polar surface area (TPSA) is 75.7 Å². The highest BCUT2D eigenvalue weighted by molar-refractivity contribution is 7.92. The van der Waals surface area contributed by atoms with Crippen LogP contribution in [0.4, 0.5) is 14.5 Å². The summed E-state index contributed by atoms with van der Waals surface area (Å²) in [5.74, 6) is -1.69. The molecule has 1 aliphatic heterocycles. The molecule has 0 spiro atoms. The maximum atomic E-state index is 13.6. The number of halogens is 2. The minimum atomic E-state index is -3.73. The van der Waals surface area contributed by atoms with Gasteiger partial charge in [-0.15, -0.1) is 0 Å². The zero-order valence-electron chi connectivity index (χ0n) is 17.7. The number of carbonyl (C=O) groups is 1. The van der Waals surface area contributed by atoms with E-state index in [0.717, 1.165) is 34.0 Å². The number of carbonyl (C=O) groups excluding carboxylic acids is 1. The summed E-state index contributed by atoms with van der Waals surface area (Å²) in [6.45, 7) is 3.87. The Morgan fingerprint density at radius 3 is 2.58 bits per heavy atom. The standard InChI is InChI=1S/C22H26F2N2O4S/c1-22(2)14-19(16-7-4-5-8-20(16)30-22)25-21(27)9-6-12-26(31(3,28)29)15-10-11-17(23)18(24)13-15/h4-5,7-8,10-11,13,19H,6,9,12,14H2,1-3H3,(H,25,27)/t19-/m1/s1. The molecule has 0 bridgehead atoms. The van der Waals surface area contributed by atoms with Crippen molar-refractivity contribution in [2.24, 2.45) is 0 Å². The molecule has 1 heterocycles. The lowest BCUT2D eigenvalue weighted by atomic mass is 9.89. The van der Waals surface area contributed by atoms with Crippen molar-refractivity contribution in [1.29, 1.82) is 0 Å². The Balaban J connectivity index is 1.64. The van der Waals surface area contributed by atoms with Crippen LogP contribution in [0.2, 0.25) is 0 Å². The molecule has 0 saturated heterocycles. The van der Waals surface area contributed by atoms with Crippen molar-refractivity contribution in [2.75, 3.05) is 17.1 Å². The second-order valence-electron chi connectivity index (χ2n) is 8.26. The van der Waals surface area contributed by atoms with Crippen LogP contribution < -0.4 is 14.4 Å². The molecule has 9 heteroatoms. The zero-order chi connectivity index (χ0) is 22.8. The van der Waals surface area contributed by atoms with Crippen LogP contribution in [-0.4, -0.2) is 32.7 Å². The van der Waals surface area contributed by atoms with Crippen molar-refractivity contribution < 1.29 is 26.7 Å². The van der Waals surface area contributed by atoms with Gasteiger partial charge in [-0.05, 0) is 38.5 Å². The SMILES string of the molecule is CC1(C)C[C@@H](NC(=O)CCCN(c2ccc(F)c(F)c2)S(C)(=O)=O)c2ccccc2O1. The quantitative estimate of drug-likeness (QED) is 0.691. The molecule has 0 aromatic heterocycles. The predicted molar refractivity (Wildman–Crippen MR) is 114 cm³/mol. The van der Waals surface area contributed by atoms with E-state index >= 15 is 0 Å². The van der Waals surface area contributed by atoms with Gasteiger partial charge in [0.2, 0.25) is 15.9 Å². The van der Waals surface area contributed by atoms with Crippen LogP contribution in [0.25, 0.3) is 0 Å². The fraction of sp³-hybridized carbons (Fsp3) is 0.409. The molecule has 0 aliphatic carbocycles. The van der Waals surface area contributed by atoms with Crippen molar-refractivity contribution in [3.63, 3.8) is 0 Å². The van der Waals surface area contributed by atoms with Crippen LogP contribution in [-0.2, 0) is 14.8 Å². The number of fused-ring (bicyclic) bond motifs is 1. The first-order valence-electron chi connectivity index (χ1n) is 9.96. The minimum Gasteiger partial charge on any atom is -0.487 e. The van der Waals surface area contributed by atoms with Crippen LogP contribution >= 0.6 is 0 Å². The van der Waals surface area contributed by atoms with Crippen molar-refractivity contribution >= 4 is 21.6 Å². The molecule has 0 fully saturated rings. The molecule has 2 aromatic rings. The first-order valence-corrected chi connectivity index (χ1v) is 11.8. The number of amides is 1. The van der Waals surface area contributed by atoms with Crippen LogP contribution in [0.1, 0.15) is 44.7 Å². The highest BCUT2D eigenvalue weighted by Gasteiger charge is 2.34. The lowest BCUT2D eigenvalue weighted by Gasteiger charge is -2.37. The summed E-state index contributed by atoms with van der Waals surface area (Å²) in [5.41, 5.74) is 0.475. The second-order valence-corrected chi connectivity index (χ2v) is 10.2. The smallest absolute Gasteiger partial charge is 0.232 e. The monoisotopic (exact) mass is 452 g/mol. The zero-order valence-corrected chi connectivity index (χ0v) is 18.5. The average molecular weight is 453 g/mol. The molecule has 168 valence electrons. The molecule has 0 radical (unpaired) electrons. The number of para-hydroxylation sites is 1. The predicted octanol–water partition coefficient (Wildman–Crippen LogP) is 3.93. The fourth-order valence-electron chi connectivity index (χ4n) is 3.71. The third kappa shape index (κ3) is 5.72. The highest BCUT2D eigenvalue weighted by Crippen LogP contribution is 2.39. The number of ether oxygens (including phenoxy) is 1. The van der Waals surface area contributed by atoms with Crippen molar-refractivity contribution in [3.05, 3.63) is 59.7 Å². The Labute approximate surface area is 181 Å². The van der Waals surface area contributed by atoms with E-state index in [9.17, 15) is 22.0 Å². The van der Waals surface area contributed by atoms with Crippen molar-refractivity contribution in [1.82, 2.24) is 5.32 Å². The van der Waals surface area contributed by atoms with Crippen molar-refractivity contribution in [2.45, 2.75) is 44.8 Å². The molecule has 1 amide bonds. The molecular weight excluding hydrogens is 426 g/mol. The lowest BCUT2D eigenvalue weighted by Crippen LogP contribution is -2.41. The van der Waals surface area contributed by atoms with Crippen LogP contribution in [0.3, 0.4) is 0 Å². The third-order valence-corrected chi connectivity index (χ3v) is 6.26. The van der Waals surface area contributed by atoms with Gasteiger partial charge in [0.25, 0.3) is 0 Å². The van der Waals surface area contributed by atoms with Crippen LogP contribution in [0.15, 0.2) is 42.5 Å². The van der Waals surface area contributed by atoms with Crippen LogP contribution in [0, 0.1) is 11.6 Å². The summed E-state index contributed by atoms with van der Waals surface area (Å²) in [5, 5.41) is 3.00. The van der Waals surface area contributed by atoms with E-state index in [2.05, 4.69) is 5.32 Å². The lowest BCUT2D eigenvalue weighted by molar-refractivity contribution is -0.122. The number of benzene rings is 2. The molecule has 1 aliphatic rings. The Hall–Kier alpha value is -2.68. The molecule has 2 aromatic carbocycles. The molecule has 6 nitrogen and oxygen atoms in total. The number of sulfonamides is 1. The molecule has 1 N–H and O–H groups in total. The molecular formula is C22H26F2N2O4S. The van der Waals surface area contributed by atoms with E-state index in [1.165, 1.54) is 6.07 Å². The Kier molecular flexibility index (Phi) is 6.54. The number of anilines is 1. The molecule has 3 rings (SSSR count). The number of rotatable bonds is 7. The Morgan fingerprint density at radius 1 is 1.19 bits per heavy atom. The van der Waals surface area contributed by atoms with E-state index in [4.69, 9.17) is 4.74 Å². The van der Waals surface area contributed by atoms with E-state index in [0.29, 0.717) is 6.42 Å². The highest BCUT2D eigenvalue weighted by atomic mass is 32.2. The molecule has 31 heavy (non-hydrogen) atoms. The largest absolute Gasteiger partial charge is 0.487 e. The summed E-state index contributed by atoms with van der Waals surface area (Å²) in [4.78, 5) is 12.6. The van der Waals surface area contributed by atoms with Gasteiger partial charge < -0.3 is 10.1 Å². The van der Waals surface area contributed by atoms with E-state index in [1.54, 1.807) is 0 Å². The average Bonchev–Trinajstić information content (AvgIpc) is 2.66. The maximum absolute atomic E-state index is 13.6. The van der Waals surface area contributed by atoms with Gasteiger partial charge in [0.1, 0.15) is 11.4 Å². The Bertz CT molecular complexity index is 1070. The summed E-state index contributed by atoms with van der Waals surface area (Å²) < 4.78 is 57.9. The molecule has 1 atom stereocenters. The van der Waals surface area contributed by atoms with Crippen LogP contribution in [0.5, 0.6) is 5.75 Å².